The summed E-state index contributed by atoms with van der Waals surface area (Å²) >= 11 is 0. The number of benzene rings is 1. The van der Waals surface area contributed by atoms with Gasteiger partial charge in [-0.05, 0) is 0 Å². The van der Waals surface area contributed by atoms with Crippen molar-refractivity contribution in [1.82, 2.24) is 0 Å². The molecule has 1 unspecified atom stereocenters. The molecule has 17 heavy (non-hydrogen) atoms. The first kappa shape index (κ1) is 11.9. The second-order valence-corrected chi connectivity index (χ2v) is 3.79. The molecule has 2 rings (SSSR count). The molecule has 0 aromatic heterocycles. The average molecular weight is 243 g/mol. The molecular weight excluding hydrogens is 229 g/mol. The van der Waals surface area contributed by atoms with E-state index in [0.29, 0.717) is 19.6 Å². The van der Waals surface area contributed by atoms with Gasteiger partial charge in [0.15, 0.2) is 23.1 Å². The fraction of sp³-hybridized carbons (Fsp3) is 0.455. The summed E-state index contributed by atoms with van der Waals surface area (Å²) in [6.45, 7) is 0.376. The van der Waals surface area contributed by atoms with E-state index in [1.807, 2.05) is 0 Å². The molecule has 1 atom stereocenters. The lowest BCUT2D eigenvalue weighted by Crippen LogP contribution is -2.16. The van der Waals surface area contributed by atoms with Crippen LogP contribution in [0.5, 0.6) is 17.2 Å². The van der Waals surface area contributed by atoms with Gasteiger partial charge in [-0.1, -0.05) is 0 Å². The van der Waals surface area contributed by atoms with Crippen molar-refractivity contribution in [3.8, 4) is 17.2 Å². The van der Waals surface area contributed by atoms with Gasteiger partial charge in [0, 0.05) is 12.5 Å². The van der Waals surface area contributed by atoms with Crippen molar-refractivity contribution >= 4 is 0 Å². The third kappa shape index (κ3) is 2.13. The predicted molar refractivity (Wildman–Crippen MR) is 57.7 cm³/mol. The Hall–Kier alpha value is -1.53. The highest BCUT2D eigenvalue weighted by Crippen LogP contribution is 2.42. The molecule has 1 aromatic carbocycles. The minimum atomic E-state index is -0.916. The van der Waals surface area contributed by atoms with Gasteiger partial charge in [-0.3, -0.25) is 0 Å². The molecule has 0 saturated carbocycles. The van der Waals surface area contributed by atoms with Crippen molar-refractivity contribution in [2.45, 2.75) is 12.5 Å². The molecule has 0 aliphatic carbocycles. The van der Waals surface area contributed by atoms with E-state index in [1.165, 1.54) is 0 Å². The highest BCUT2D eigenvalue weighted by atomic mass is 19.1. The van der Waals surface area contributed by atoms with Crippen LogP contribution in [0, 0.1) is 5.82 Å². The molecule has 6 heteroatoms. The van der Waals surface area contributed by atoms with Gasteiger partial charge in [-0.15, -0.1) is 0 Å². The van der Waals surface area contributed by atoms with Crippen LogP contribution in [0.4, 0.5) is 4.39 Å². The summed E-state index contributed by atoms with van der Waals surface area (Å²) < 4.78 is 24.2. The third-order valence-electron chi connectivity index (χ3n) is 2.57. The molecule has 1 heterocycles. The van der Waals surface area contributed by atoms with E-state index in [4.69, 9.17) is 20.3 Å². The van der Waals surface area contributed by atoms with Gasteiger partial charge in [0.05, 0.1) is 31.4 Å². The summed E-state index contributed by atoms with van der Waals surface area (Å²) in [6.07, 6.45) is 0.658. The number of rotatable bonds is 2. The summed E-state index contributed by atoms with van der Waals surface area (Å²) in [5, 5.41) is 18.7. The van der Waals surface area contributed by atoms with E-state index in [0.717, 1.165) is 6.07 Å². The summed E-state index contributed by atoms with van der Waals surface area (Å²) in [5.41, 5.74) is 5.67. The maximum absolute atomic E-state index is 13.5. The average Bonchev–Trinajstić information content (AvgIpc) is 2.55. The van der Waals surface area contributed by atoms with Crippen LogP contribution in [-0.2, 0) is 0 Å². The lowest BCUT2D eigenvalue weighted by atomic mass is 10.0. The van der Waals surface area contributed by atoms with E-state index in [9.17, 15) is 9.50 Å². The fourth-order valence-electron chi connectivity index (χ4n) is 1.72. The first-order valence-electron chi connectivity index (χ1n) is 5.32. The molecule has 0 amide bonds. The van der Waals surface area contributed by atoms with E-state index < -0.39 is 24.2 Å². The number of hydrogen-bond acceptors (Lipinski definition) is 5. The number of aliphatic hydroxyl groups is 1. The molecule has 0 bridgehead atoms. The third-order valence-corrected chi connectivity index (χ3v) is 2.57. The Kier molecular flexibility index (Phi) is 3.35. The first-order valence-corrected chi connectivity index (χ1v) is 5.32. The van der Waals surface area contributed by atoms with Gasteiger partial charge in [-0.25, -0.2) is 4.39 Å². The molecule has 1 aromatic rings. The molecule has 1 aliphatic heterocycles. The highest BCUT2D eigenvalue weighted by Gasteiger charge is 2.25. The van der Waals surface area contributed by atoms with Crippen LogP contribution in [-0.4, -0.2) is 30.0 Å². The maximum atomic E-state index is 13.5. The Morgan fingerprint density at radius 3 is 2.82 bits per heavy atom. The number of halogens is 1. The number of phenols is 1. The topological polar surface area (TPSA) is 84.9 Å². The van der Waals surface area contributed by atoms with Crippen molar-refractivity contribution in [2.75, 3.05) is 19.8 Å². The van der Waals surface area contributed by atoms with Crippen molar-refractivity contribution in [2.24, 2.45) is 5.73 Å². The minimum Gasteiger partial charge on any atom is -0.504 e. The van der Waals surface area contributed by atoms with E-state index >= 15 is 0 Å². The fourth-order valence-corrected chi connectivity index (χ4v) is 1.72. The highest BCUT2D eigenvalue weighted by molar-refractivity contribution is 5.55. The summed E-state index contributed by atoms with van der Waals surface area (Å²) in [4.78, 5) is 0. The van der Waals surface area contributed by atoms with Crippen molar-refractivity contribution in [3.63, 3.8) is 0 Å². The Bertz CT molecular complexity index is 424. The SMILES string of the molecule is NC(CO)c1c(O)c(F)cc2c1OCCCO2. The summed E-state index contributed by atoms with van der Waals surface area (Å²) in [5.74, 6) is -1.02. The molecule has 0 radical (unpaired) electrons. The molecule has 0 spiro atoms. The number of phenolic OH excluding ortho intramolecular Hbond substituents is 1. The molecule has 0 fully saturated rings. The van der Waals surface area contributed by atoms with Crippen LogP contribution >= 0.6 is 0 Å². The summed E-state index contributed by atoms with van der Waals surface area (Å²) in [6, 6.07) is 0.144. The predicted octanol–water partition coefficient (Wildman–Crippen LogP) is 0.685. The van der Waals surface area contributed by atoms with Crippen molar-refractivity contribution in [3.05, 3.63) is 17.4 Å². The van der Waals surface area contributed by atoms with Gasteiger partial charge in [-0.2, -0.15) is 0 Å². The summed E-state index contributed by atoms with van der Waals surface area (Å²) in [7, 11) is 0. The number of aliphatic hydroxyl groups excluding tert-OH is 1. The second-order valence-electron chi connectivity index (χ2n) is 3.79. The van der Waals surface area contributed by atoms with Crippen molar-refractivity contribution in [1.29, 1.82) is 0 Å². The van der Waals surface area contributed by atoms with Crippen LogP contribution < -0.4 is 15.2 Å². The van der Waals surface area contributed by atoms with Crippen LogP contribution in [0.3, 0.4) is 0 Å². The lowest BCUT2D eigenvalue weighted by Gasteiger charge is -2.18. The Labute approximate surface area is 97.6 Å². The molecule has 0 saturated heterocycles. The Morgan fingerprint density at radius 1 is 1.41 bits per heavy atom. The van der Waals surface area contributed by atoms with Gasteiger partial charge in [0.25, 0.3) is 0 Å². The molecule has 4 N–H and O–H groups in total. The Balaban J connectivity index is 2.57. The standard InChI is InChI=1S/C11H14FNO4/c12-6-4-8-11(17-3-1-2-16-8)9(10(6)15)7(13)5-14/h4,7,14-15H,1-3,5,13H2. The van der Waals surface area contributed by atoms with Gasteiger partial charge in [0.1, 0.15) is 0 Å². The zero-order valence-corrected chi connectivity index (χ0v) is 9.15. The van der Waals surface area contributed by atoms with Gasteiger partial charge in [0.2, 0.25) is 0 Å². The van der Waals surface area contributed by atoms with Gasteiger partial charge >= 0.3 is 0 Å². The number of ether oxygens (including phenoxy) is 2. The molecule has 94 valence electrons. The molecular formula is C11H14FNO4. The largest absolute Gasteiger partial charge is 0.504 e. The zero-order valence-electron chi connectivity index (χ0n) is 9.15. The lowest BCUT2D eigenvalue weighted by molar-refractivity contribution is 0.255. The maximum Gasteiger partial charge on any atom is 0.169 e. The number of fused-ring (bicyclic) bond motifs is 1. The number of aromatic hydroxyl groups is 1. The second kappa shape index (κ2) is 4.77. The zero-order chi connectivity index (χ0) is 12.4. The monoisotopic (exact) mass is 243 g/mol. The normalized spacial score (nSPS) is 16.4. The number of hydrogen-bond donors (Lipinski definition) is 3. The van der Waals surface area contributed by atoms with Crippen LogP contribution in [0.25, 0.3) is 0 Å². The Morgan fingerprint density at radius 2 is 2.12 bits per heavy atom. The molecule has 1 aliphatic rings. The number of nitrogens with two attached hydrogens (primary N) is 1. The smallest absolute Gasteiger partial charge is 0.169 e. The van der Waals surface area contributed by atoms with Crippen molar-refractivity contribution < 1.29 is 24.1 Å². The minimum absolute atomic E-state index is 0.0457. The molecule has 5 nitrogen and oxygen atoms in total. The van der Waals surface area contributed by atoms with Gasteiger partial charge < -0.3 is 25.4 Å². The van der Waals surface area contributed by atoms with E-state index in [1.54, 1.807) is 0 Å². The van der Waals surface area contributed by atoms with Crippen LogP contribution in [0.2, 0.25) is 0 Å². The van der Waals surface area contributed by atoms with E-state index in [-0.39, 0.29) is 17.1 Å². The first-order chi connectivity index (χ1) is 8.15. The quantitative estimate of drug-likeness (QED) is 0.711. The van der Waals surface area contributed by atoms with E-state index in [2.05, 4.69) is 0 Å². The van der Waals surface area contributed by atoms with Crippen LogP contribution in [0.1, 0.15) is 18.0 Å². The van der Waals surface area contributed by atoms with Crippen LogP contribution in [0.15, 0.2) is 6.07 Å².